The largest absolute Gasteiger partial charge is 0.352 e. The molecule has 16 heavy (non-hydrogen) atoms. The number of thioether (sulfide) groups is 1. The molecule has 2 saturated heterocycles. The minimum Gasteiger partial charge on any atom is -0.352 e. The Bertz CT molecular complexity index is 293. The number of hydrogen-bond donors (Lipinski definition) is 1. The highest BCUT2D eigenvalue weighted by Gasteiger charge is 2.42. The second-order valence-corrected chi connectivity index (χ2v) is 6.13. The predicted molar refractivity (Wildman–Crippen MR) is 65.4 cm³/mol. The number of hydrogen-bond acceptors (Lipinski definition) is 3. The first-order chi connectivity index (χ1) is 7.66. The van der Waals surface area contributed by atoms with E-state index in [9.17, 15) is 9.59 Å². The van der Waals surface area contributed by atoms with Gasteiger partial charge in [0.1, 0.15) is 5.78 Å². The summed E-state index contributed by atoms with van der Waals surface area (Å²) in [6, 6.07) is 0.426. The first-order valence-electron chi connectivity index (χ1n) is 6.07. The van der Waals surface area contributed by atoms with E-state index in [0.29, 0.717) is 23.6 Å². The van der Waals surface area contributed by atoms with Gasteiger partial charge in [-0.3, -0.25) is 4.79 Å². The number of carbonyl (C=O) groups is 2. The maximum absolute atomic E-state index is 11.3. The molecule has 0 aromatic carbocycles. The van der Waals surface area contributed by atoms with Crippen molar-refractivity contribution in [3.8, 4) is 0 Å². The van der Waals surface area contributed by atoms with Crippen molar-refractivity contribution in [3.63, 3.8) is 0 Å². The maximum Gasteiger partial charge on any atom is 0.220 e. The zero-order valence-electron chi connectivity index (χ0n) is 9.70. The van der Waals surface area contributed by atoms with Gasteiger partial charge in [-0.05, 0) is 19.8 Å². The molecule has 1 amide bonds. The lowest BCUT2D eigenvalue weighted by Crippen LogP contribution is -2.29. The van der Waals surface area contributed by atoms with Crippen LogP contribution in [0.3, 0.4) is 0 Å². The van der Waals surface area contributed by atoms with Crippen LogP contribution >= 0.6 is 11.8 Å². The molecule has 2 rings (SSSR count). The lowest BCUT2D eigenvalue weighted by Gasteiger charge is -2.15. The minimum atomic E-state index is 0.226. The highest BCUT2D eigenvalue weighted by Crippen LogP contribution is 2.40. The molecule has 0 radical (unpaired) electrons. The van der Waals surface area contributed by atoms with Gasteiger partial charge in [0.15, 0.2) is 0 Å². The number of ketones is 1. The number of rotatable bonds is 5. The average molecular weight is 241 g/mol. The van der Waals surface area contributed by atoms with E-state index in [4.69, 9.17) is 0 Å². The third-order valence-corrected chi connectivity index (χ3v) is 5.08. The van der Waals surface area contributed by atoms with E-state index in [1.807, 2.05) is 11.8 Å². The number of amides is 1. The Morgan fingerprint density at radius 3 is 3.06 bits per heavy atom. The van der Waals surface area contributed by atoms with Crippen LogP contribution in [0.2, 0.25) is 0 Å². The Morgan fingerprint density at radius 1 is 1.50 bits per heavy atom. The van der Waals surface area contributed by atoms with Crippen LogP contribution in [-0.4, -0.2) is 28.7 Å². The van der Waals surface area contributed by atoms with Crippen molar-refractivity contribution < 1.29 is 9.59 Å². The topological polar surface area (TPSA) is 46.2 Å². The second kappa shape index (κ2) is 5.21. The molecule has 0 aromatic rings. The van der Waals surface area contributed by atoms with E-state index >= 15 is 0 Å². The minimum absolute atomic E-state index is 0.226. The molecule has 2 aliphatic rings. The molecule has 3 atom stereocenters. The molecule has 0 bridgehead atoms. The summed E-state index contributed by atoms with van der Waals surface area (Å²) in [5, 5.41) is 3.68. The predicted octanol–water partition coefficient (Wildman–Crippen LogP) is 1.76. The van der Waals surface area contributed by atoms with E-state index in [0.717, 1.165) is 31.4 Å². The molecule has 2 aliphatic heterocycles. The van der Waals surface area contributed by atoms with Crippen LogP contribution in [0.4, 0.5) is 0 Å². The Hall–Kier alpha value is -0.510. The number of carbonyl (C=O) groups excluding carboxylic acids is 2. The van der Waals surface area contributed by atoms with Crippen molar-refractivity contribution in [2.45, 2.75) is 50.3 Å². The summed E-state index contributed by atoms with van der Waals surface area (Å²) in [4.78, 5) is 22.1. The third kappa shape index (κ3) is 2.78. The lowest BCUT2D eigenvalue weighted by atomic mass is 9.94. The van der Waals surface area contributed by atoms with Gasteiger partial charge in [-0.2, -0.15) is 11.8 Å². The molecule has 0 aliphatic carbocycles. The molecule has 0 aromatic heterocycles. The van der Waals surface area contributed by atoms with Crippen LogP contribution in [0, 0.1) is 5.92 Å². The molecule has 0 saturated carbocycles. The Labute approximate surface area is 101 Å². The van der Waals surface area contributed by atoms with Crippen LogP contribution in [-0.2, 0) is 9.59 Å². The molecule has 0 unspecified atom stereocenters. The fraction of sp³-hybridized carbons (Fsp3) is 0.833. The molecular weight excluding hydrogens is 222 g/mol. The molecule has 3 nitrogen and oxygen atoms in total. The lowest BCUT2D eigenvalue weighted by molar-refractivity contribution is -0.119. The van der Waals surface area contributed by atoms with Gasteiger partial charge >= 0.3 is 0 Å². The smallest absolute Gasteiger partial charge is 0.220 e. The number of Topliss-reactive ketones (excluding diaryl/α,β-unsaturated/α-hetero) is 1. The van der Waals surface area contributed by atoms with Gasteiger partial charge in [-0.1, -0.05) is 6.42 Å². The van der Waals surface area contributed by atoms with Crippen molar-refractivity contribution >= 4 is 23.5 Å². The van der Waals surface area contributed by atoms with Crippen molar-refractivity contribution in [1.82, 2.24) is 5.32 Å². The van der Waals surface area contributed by atoms with E-state index in [2.05, 4.69) is 5.32 Å². The van der Waals surface area contributed by atoms with E-state index in [-0.39, 0.29) is 11.7 Å². The molecule has 2 fully saturated rings. The summed E-state index contributed by atoms with van der Waals surface area (Å²) in [5.41, 5.74) is 0. The number of fused-ring (bicyclic) bond motifs is 1. The fourth-order valence-electron chi connectivity index (χ4n) is 2.65. The second-order valence-electron chi connectivity index (χ2n) is 4.86. The van der Waals surface area contributed by atoms with Gasteiger partial charge in [0, 0.05) is 35.8 Å². The highest BCUT2D eigenvalue weighted by molar-refractivity contribution is 8.00. The van der Waals surface area contributed by atoms with Gasteiger partial charge in [0.2, 0.25) is 5.91 Å². The molecule has 1 N–H and O–H groups in total. The summed E-state index contributed by atoms with van der Waals surface area (Å²) in [6.07, 6.45) is 4.71. The normalized spacial score (nSPS) is 32.6. The summed E-state index contributed by atoms with van der Waals surface area (Å²) in [7, 11) is 0. The van der Waals surface area contributed by atoms with E-state index < -0.39 is 0 Å². The number of nitrogens with one attached hydrogen (secondary N) is 1. The van der Waals surface area contributed by atoms with Gasteiger partial charge in [0.25, 0.3) is 0 Å². The van der Waals surface area contributed by atoms with Crippen LogP contribution in [0.1, 0.15) is 39.0 Å². The molecule has 90 valence electrons. The summed E-state index contributed by atoms with van der Waals surface area (Å²) < 4.78 is 0. The van der Waals surface area contributed by atoms with Gasteiger partial charge in [-0.25, -0.2) is 0 Å². The van der Waals surface area contributed by atoms with Crippen molar-refractivity contribution in [1.29, 1.82) is 0 Å². The van der Waals surface area contributed by atoms with Crippen molar-refractivity contribution in [3.05, 3.63) is 0 Å². The molecule has 0 spiro atoms. The highest BCUT2D eigenvalue weighted by atomic mass is 32.2. The standard InChI is InChI=1S/C12H19NO2S/c1-8(14)4-2-3-5-11-9-6-12(15)13-10(9)7-16-11/h9-11H,2-7H2,1H3,(H,13,15)/t9-,10-,11-/m0/s1. The van der Waals surface area contributed by atoms with Crippen molar-refractivity contribution in [2.24, 2.45) is 5.92 Å². The first kappa shape index (κ1) is 12.0. The molecular formula is C12H19NO2S. The van der Waals surface area contributed by atoms with Crippen LogP contribution in [0.25, 0.3) is 0 Å². The van der Waals surface area contributed by atoms with Gasteiger partial charge < -0.3 is 10.1 Å². The fourth-order valence-corrected chi connectivity index (χ4v) is 4.30. The summed E-state index contributed by atoms with van der Waals surface area (Å²) >= 11 is 2.00. The monoisotopic (exact) mass is 241 g/mol. The first-order valence-corrected chi connectivity index (χ1v) is 7.12. The number of unbranched alkanes of at least 4 members (excludes halogenated alkanes) is 1. The van der Waals surface area contributed by atoms with Crippen molar-refractivity contribution in [2.75, 3.05) is 5.75 Å². The zero-order valence-corrected chi connectivity index (χ0v) is 10.5. The molecule has 4 heteroatoms. The zero-order chi connectivity index (χ0) is 11.5. The quantitative estimate of drug-likeness (QED) is 0.746. The Kier molecular flexibility index (Phi) is 3.90. The van der Waals surface area contributed by atoms with E-state index in [1.165, 1.54) is 0 Å². The molecule has 2 heterocycles. The van der Waals surface area contributed by atoms with Crippen LogP contribution in [0.5, 0.6) is 0 Å². The van der Waals surface area contributed by atoms with Crippen LogP contribution in [0.15, 0.2) is 0 Å². The SMILES string of the molecule is CC(=O)CCCC[C@@H]1SC[C@@H]2NC(=O)C[C@@H]21. The Balaban J connectivity index is 1.70. The average Bonchev–Trinajstić information content (AvgIpc) is 2.72. The van der Waals surface area contributed by atoms with Gasteiger partial charge in [-0.15, -0.1) is 0 Å². The maximum atomic E-state index is 11.3. The van der Waals surface area contributed by atoms with Gasteiger partial charge in [0.05, 0.1) is 0 Å². The van der Waals surface area contributed by atoms with Crippen LogP contribution < -0.4 is 5.32 Å². The summed E-state index contributed by atoms with van der Waals surface area (Å²) in [5.74, 6) is 2.14. The third-order valence-electron chi connectivity index (χ3n) is 3.52. The van der Waals surface area contributed by atoms with E-state index in [1.54, 1.807) is 6.92 Å². The summed E-state index contributed by atoms with van der Waals surface area (Å²) in [6.45, 7) is 1.65. The Morgan fingerprint density at radius 2 is 2.31 bits per heavy atom.